The third-order valence-corrected chi connectivity index (χ3v) is 2.71. The summed E-state index contributed by atoms with van der Waals surface area (Å²) in [7, 11) is 0. The molecule has 0 aromatic carbocycles. The van der Waals surface area contributed by atoms with Gasteiger partial charge in [-0.2, -0.15) is 11.8 Å². The van der Waals surface area contributed by atoms with E-state index in [0.29, 0.717) is 6.42 Å². The van der Waals surface area contributed by atoms with E-state index in [1.807, 2.05) is 11.2 Å². The quantitative estimate of drug-likeness (QED) is 0.693. The molecule has 0 bridgehead atoms. The van der Waals surface area contributed by atoms with Crippen molar-refractivity contribution in [3.63, 3.8) is 0 Å². The van der Waals surface area contributed by atoms with E-state index in [4.69, 9.17) is 5.73 Å². The summed E-state index contributed by atoms with van der Waals surface area (Å²) in [4.78, 5) is 13.3. The van der Waals surface area contributed by atoms with Gasteiger partial charge in [-0.3, -0.25) is 4.79 Å². The minimum absolute atomic E-state index is 0.211. The lowest BCUT2D eigenvalue weighted by atomic mass is 10.3. The average molecular weight is 188 g/mol. The summed E-state index contributed by atoms with van der Waals surface area (Å²) in [6, 6.07) is 0.211. The van der Waals surface area contributed by atoms with Gasteiger partial charge in [-0.1, -0.05) is 0 Å². The van der Waals surface area contributed by atoms with Gasteiger partial charge in [0, 0.05) is 31.3 Å². The molecule has 12 heavy (non-hydrogen) atoms. The monoisotopic (exact) mass is 188 g/mol. The van der Waals surface area contributed by atoms with Gasteiger partial charge in [-0.15, -0.1) is 0 Å². The first kappa shape index (κ1) is 9.86. The zero-order chi connectivity index (χ0) is 8.97. The van der Waals surface area contributed by atoms with E-state index in [1.165, 1.54) is 0 Å². The number of rotatable bonds is 3. The predicted molar refractivity (Wildman–Crippen MR) is 52.2 cm³/mol. The lowest BCUT2D eigenvalue weighted by molar-refractivity contribution is -0.129. The summed E-state index contributed by atoms with van der Waals surface area (Å²) in [5.41, 5.74) is 5.69. The number of carbonyl (C=O) groups is 1. The Kier molecular flexibility index (Phi) is 3.88. The third-order valence-electron chi connectivity index (χ3n) is 2.10. The van der Waals surface area contributed by atoms with E-state index in [9.17, 15) is 4.79 Å². The van der Waals surface area contributed by atoms with Gasteiger partial charge < -0.3 is 10.6 Å². The van der Waals surface area contributed by atoms with Crippen molar-refractivity contribution in [3.8, 4) is 0 Å². The molecule has 0 saturated carbocycles. The normalized spacial score (nSPS) is 23.2. The summed E-state index contributed by atoms with van der Waals surface area (Å²) in [5.74, 6) is 1.18. The first-order valence-corrected chi connectivity index (χ1v) is 5.65. The maximum Gasteiger partial charge on any atom is 0.223 e. The Morgan fingerprint density at radius 1 is 1.75 bits per heavy atom. The molecule has 0 aromatic rings. The SMILES string of the molecule is CSCCC(=O)N1CC[C@H](N)C1. The second-order valence-electron chi connectivity index (χ2n) is 3.13. The Labute approximate surface area is 77.7 Å². The van der Waals surface area contributed by atoms with Crippen LogP contribution in [0.3, 0.4) is 0 Å². The topological polar surface area (TPSA) is 46.3 Å². The highest BCUT2D eigenvalue weighted by atomic mass is 32.2. The fourth-order valence-electron chi connectivity index (χ4n) is 1.36. The van der Waals surface area contributed by atoms with Crippen molar-refractivity contribution in [2.24, 2.45) is 5.73 Å². The zero-order valence-electron chi connectivity index (χ0n) is 7.45. The van der Waals surface area contributed by atoms with Crippen LogP contribution in [-0.2, 0) is 4.79 Å². The van der Waals surface area contributed by atoms with Crippen LogP contribution < -0.4 is 5.73 Å². The molecular weight excluding hydrogens is 172 g/mol. The molecule has 1 atom stereocenters. The Bertz CT molecular complexity index is 163. The van der Waals surface area contributed by atoms with Crippen molar-refractivity contribution in [1.29, 1.82) is 0 Å². The third kappa shape index (κ3) is 2.68. The fourth-order valence-corrected chi connectivity index (χ4v) is 1.74. The van der Waals surface area contributed by atoms with Gasteiger partial charge in [0.15, 0.2) is 0 Å². The Morgan fingerprint density at radius 2 is 2.50 bits per heavy atom. The molecule has 1 fully saturated rings. The van der Waals surface area contributed by atoms with Crippen molar-refractivity contribution >= 4 is 17.7 Å². The van der Waals surface area contributed by atoms with Crippen LogP contribution in [0.25, 0.3) is 0 Å². The number of hydrogen-bond donors (Lipinski definition) is 1. The van der Waals surface area contributed by atoms with Gasteiger partial charge in [0.05, 0.1) is 0 Å². The molecule has 1 saturated heterocycles. The number of carbonyl (C=O) groups excluding carboxylic acids is 1. The Hall–Kier alpha value is -0.220. The molecule has 1 rings (SSSR count). The summed E-state index contributed by atoms with van der Waals surface area (Å²) >= 11 is 1.71. The highest BCUT2D eigenvalue weighted by Gasteiger charge is 2.22. The van der Waals surface area contributed by atoms with Crippen LogP contribution >= 0.6 is 11.8 Å². The van der Waals surface area contributed by atoms with Crippen LogP contribution in [0.5, 0.6) is 0 Å². The van der Waals surface area contributed by atoms with Gasteiger partial charge in [-0.05, 0) is 12.7 Å². The minimum Gasteiger partial charge on any atom is -0.341 e. The first-order chi connectivity index (χ1) is 5.74. The number of nitrogens with two attached hydrogens (primary N) is 1. The average Bonchev–Trinajstić information content (AvgIpc) is 2.47. The number of likely N-dealkylation sites (tertiary alicyclic amines) is 1. The molecule has 0 spiro atoms. The molecule has 1 heterocycles. The van der Waals surface area contributed by atoms with E-state index in [-0.39, 0.29) is 11.9 Å². The van der Waals surface area contributed by atoms with E-state index in [1.54, 1.807) is 11.8 Å². The van der Waals surface area contributed by atoms with E-state index >= 15 is 0 Å². The van der Waals surface area contributed by atoms with Gasteiger partial charge >= 0.3 is 0 Å². The van der Waals surface area contributed by atoms with Gasteiger partial charge in [0.2, 0.25) is 5.91 Å². The van der Waals surface area contributed by atoms with Crippen molar-refractivity contribution in [3.05, 3.63) is 0 Å². The van der Waals surface area contributed by atoms with Crippen LogP contribution in [-0.4, -0.2) is 41.9 Å². The molecule has 70 valence electrons. The van der Waals surface area contributed by atoms with Crippen LogP contribution in [0.1, 0.15) is 12.8 Å². The van der Waals surface area contributed by atoms with Crippen LogP contribution in [0, 0.1) is 0 Å². The molecule has 0 radical (unpaired) electrons. The van der Waals surface area contributed by atoms with Gasteiger partial charge in [0.25, 0.3) is 0 Å². The van der Waals surface area contributed by atoms with Crippen molar-refractivity contribution in [1.82, 2.24) is 4.90 Å². The molecule has 4 heteroatoms. The highest BCUT2D eigenvalue weighted by Crippen LogP contribution is 2.09. The highest BCUT2D eigenvalue weighted by molar-refractivity contribution is 7.98. The molecule has 1 aliphatic heterocycles. The summed E-state index contributed by atoms with van der Waals surface area (Å²) < 4.78 is 0. The van der Waals surface area contributed by atoms with E-state index < -0.39 is 0 Å². The van der Waals surface area contributed by atoms with Crippen molar-refractivity contribution < 1.29 is 4.79 Å². The lowest BCUT2D eigenvalue weighted by Crippen LogP contribution is -2.31. The largest absolute Gasteiger partial charge is 0.341 e. The molecule has 0 aromatic heterocycles. The fraction of sp³-hybridized carbons (Fsp3) is 0.875. The maximum atomic E-state index is 11.4. The second kappa shape index (κ2) is 4.72. The van der Waals surface area contributed by atoms with E-state index in [2.05, 4.69) is 0 Å². The smallest absolute Gasteiger partial charge is 0.223 e. The second-order valence-corrected chi connectivity index (χ2v) is 4.12. The molecule has 2 N–H and O–H groups in total. The predicted octanol–water partition coefficient (Wildman–Crippen LogP) is 0.299. The number of thioether (sulfide) groups is 1. The molecule has 1 amide bonds. The number of amides is 1. The van der Waals surface area contributed by atoms with Crippen molar-refractivity contribution in [2.45, 2.75) is 18.9 Å². The maximum absolute atomic E-state index is 11.4. The first-order valence-electron chi connectivity index (χ1n) is 4.26. The Morgan fingerprint density at radius 3 is 3.00 bits per heavy atom. The van der Waals surface area contributed by atoms with Crippen LogP contribution in [0.15, 0.2) is 0 Å². The summed E-state index contributed by atoms with van der Waals surface area (Å²) in [5, 5.41) is 0. The minimum atomic E-state index is 0.211. The lowest BCUT2D eigenvalue weighted by Gasteiger charge is -2.14. The number of hydrogen-bond acceptors (Lipinski definition) is 3. The van der Waals surface area contributed by atoms with Gasteiger partial charge in [-0.25, -0.2) is 0 Å². The molecule has 0 aliphatic carbocycles. The van der Waals surface area contributed by atoms with Crippen LogP contribution in [0.2, 0.25) is 0 Å². The molecule has 3 nitrogen and oxygen atoms in total. The molecule has 1 aliphatic rings. The molecule has 0 unspecified atom stereocenters. The summed E-state index contributed by atoms with van der Waals surface area (Å²) in [6.45, 7) is 1.61. The van der Waals surface area contributed by atoms with Crippen LogP contribution in [0.4, 0.5) is 0 Å². The van der Waals surface area contributed by atoms with E-state index in [0.717, 1.165) is 25.3 Å². The molecular formula is C8H16N2OS. The summed E-state index contributed by atoms with van der Waals surface area (Å²) in [6.07, 6.45) is 3.64. The zero-order valence-corrected chi connectivity index (χ0v) is 8.27. The van der Waals surface area contributed by atoms with Gasteiger partial charge in [0.1, 0.15) is 0 Å². The standard InChI is InChI=1S/C8H16N2OS/c1-12-5-3-8(11)10-4-2-7(9)6-10/h7H,2-6,9H2,1H3/t7-/m0/s1. The Balaban J connectivity index is 2.23. The number of nitrogens with zero attached hydrogens (tertiary/aromatic N) is 1. The van der Waals surface area contributed by atoms with Crippen molar-refractivity contribution in [2.75, 3.05) is 25.1 Å².